The quantitative estimate of drug-likeness (QED) is 0.261. The van der Waals surface area contributed by atoms with Crippen LogP contribution in [0.1, 0.15) is 52.4 Å². The van der Waals surface area contributed by atoms with Crippen LogP contribution in [0.15, 0.2) is 54.6 Å². The third-order valence-corrected chi connectivity index (χ3v) is 8.30. The van der Waals surface area contributed by atoms with Crippen LogP contribution in [-0.4, -0.2) is 34.6 Å². The average molecular weight is 564 g/mol. The zero-order valence-electron chi connectivity index (χ0n) is 22.5. The molecule has 2 unspecified atom stereocenters. The van der Waals surface area contributed by atoms with Gasteiger partial charge in [-0.1, -0.05) is 30.0 Å². The Labute approximate surface area is 236 Å². The largest absolute Gasteiger partial charge is 0.493 e. The second-order valence-corrected chi connectivity index (χ2v) is 11.6. The highest BCUT2D eigenvalue weighted by Gasteiger charge is 2.34. The maximum Gasteiger partial charge on any atom is 0.343 e. The molecule has 3 aromatic carbocycles. The van der Waals surface area contributed by atoms with Gasteiger partial charge in [-0.25, -0.2) is 9.18 Å². The zero-order valence-corrected chi connectivity index (χ0v) is 23.4. The molecule has 2 heterocycles. The highest BCUT2D eigenvalue weighted by Crippen LogP contribution is 2.42. The van der Waals surface area contributed by atoms with E-state index >= 15 is 0 Å². The van der Waals surface area contributed by atoms with Crippen molar-refractivity contribution in [3.05, 3.63) is 88.2 Å². The molecule has 0 aliphatic carbocycles. The zero-order chi connectivity index (χ0) is 28.4. The molecule has 0 spiro atoms. The Morgan fingerprint density at radius 3 is 2.62 bits per heavy atom. The van der Waals surface area contributed by atoms with E-state index < -0.39 is 22.6 Å². The molecule has 3 aromatic rings. The van der Waals surface area contributed by atoms with Crippen molar-refractivity contribution in [1.29, 1.82) is 0 Å². The van der Waals surface area contributed by atoms with E-state index in [1.54, 1.807) is 0 Å². The molecule has 5 rings (SSSR count). The van der Waals surface area contributed by atoms with Gasteiger partial charge < -0.3 is 14.2 Å². The van der Waals surface area contributed by atoms with Crippen molar-refractivity contribution < 1.29 is 33.0 Å². The number of amides is 2. The van der Waals surface area contributed by atoms with E-state index in [-0.39, 0.29) is 16.7 Å². The Hall–Kier alpha value is -3.85. The number of rotatable bonds is 8. The number of carbonyl (C=O) groups excluding carboxylic acids is 3. The molecule has 2 amide bonds. The maximum atomic E-state index is 13.6. The number of fused-ring (bicyclic) bond motifs is 1. The fourth-order valence-corrected chi connectivity index (χ4v) is 5.88. The molecule has 208 valence electrons. The number of halogens is 1. The van der Waals surface area contributed by atoms with Crippen molar-refractivity contribution in [2.45, 2.75) is 57.3 Å². The Bertz CT molecular complexity index is 1470. The number of esters is 1. The Balaban J connectivity index is 1.18. The molecule has 2 aliphatic heterocycles. The Morgan fingerprint density at radius 2 is 1.93 bits per heavy atom. The van der Waals surface area contributed by atoms with Gasteiger partial charge in [0.05, 0.1) is 17.4 Å². The first-order valence-corrected chi connectivity index (χ1v) is 14.0. The van der Waals surface area contributed by atoms with Gasteiger partial charge in [-0.2, -0.15) is 0 Å². The lowest BCUT2D eigenvalue weighted by atomic mass is 9.87. The van der Waals surface area contributed by atoms with Gasteiger partial charge in [0.1, 0.15) is 28.7 Å². The summed E-state index contributed by atoms with van der Waals surface area (Å²) in [5.41, 5.74) is 3.30. The third kappa shape index (κ3) is 6.14. The summed E-state index contributed by atoms with van der Waals surface area (Å²) in [5, 5.41) is 1.61. The van der Waals surface area contributed by atoms with E-state index in [1.165, 1.54) is 18.2 Å². The van der Waals surface area contributed by atoms with Crippen LogP contribution in [0.5, 0.6) is 17.2 Å². The molecule has 2 aliphatic rings. The van der Waals surface area contributed by atoms with Crippen LogP contribution in [0.3, 0.4) is 0 Å². The molecule has 0 aromatic heterocycles. The van der Waals surface area contributed by atoms with Gasteiger partial charge in [-0.3, -0.25) is 14.9 Å². The summed E-state index contributed by atoms with van der Waals surface area (Å²) in [4.78, 5) is 35.8. The minimum absolute atomic E-state index is 0.159. The first kappa shape index (κ1) is 27.7. The molecular weight excluding hydrogens is 533 g/mol. The minimum atomic E-state index is -0.601. The minimum Gasteiger partial charge on any atom is -0.493 e. The highest BCUT2D eigenvalue weighted by molar-refractivity contribution is 8.15. The number of nitrogens with one attached hydrogen (secondary N) is 1. The number of hydrogen-bond acceptors (Lipinski definition) is 7. The number of benzene rings is 3. The molecular formula is C31H30FNO6S. The molecule has 0 radical (unpaired) electrons. The summed E-state index contributed by atoms with van der Waals surface area (Å²) in [5.74, 6) is 0.630. The van der Waals surface area contributed by atoms with E-state index in [2.05, 4.69) is 12.2 Å². The van der Waals surface area contributed by atoms with Gasteiger partial charge in [0.25, 0.3) is 5.24 Å². The SMILES string of the molecule is Cc1cc2c(c(C)c1OC(=O)c1cccc(F)c1)CCC(C)(CCOc1ccc(CC3SC(=O)NC3=O)cc1)O2. The second kappa shape index (κ2) is 11.3. The lowest BCUT2D eigenvalue weighted by Crippen LogP contribution is -2.38. The number of hydrogen-bond donors (Lipinski definition) is 1. The van der Waals surface area contributed by atoms with E-state index in [4.69, 9.17) is 14.2 Å². The van der Waals surface area contributed by atoms with E-state index in [0.29, 0.717) is 25.2 Å². The first-order valence-electron chi connectivity index (χ1n) is 13.1. The topological polar surface area (TPSA) is 90.9 Å². The highest BCUT2D eigenvalue weighted by atomic mass is 32.2. The van der Waals surface area contributed by atoms with Gasteiger partial charge in [-0.15, -0.1) is 0 Å². The molecule has 1 fully saturated rings. The summed E-state index contributed by atoms with van der Waals surface area (Å²) in [6.07, 6.45) is 2.68. The van der Waals surface area contributed by atoms with Crippen molar-refractivity contribution in [3.63, 3.8) is 0 Å². The number of thioether (sulfide) groups is 1. The molecule has 9 heteroatoms. The van der Waals surface area contributed by atoms with Crippen LogP contribution in [0.25, 0.3) is 0 Å². The fourth-order valence-electron chi connectivity index (χ4n) is 5.02. The van der Waals surface area contributed by atoms with E-state index in [9.17, 15) is 18.8 Å². The fraction of sp³-hybridized carbons (Fsp3) is 0.323. The normalized spacial score (nSPS) is 19.9. The first-order chi connectivity index (χ1) is 19.1. The predicted octanol–water partition coefficient (Wildman–Crippen LogP) is 6.11. The Morgan fingerprint density at radius 1 is 1.15 bits per heavy atom. The molecule has 1 N–H and O–H groups in total. The summed E-state index contributed by atoms with van der Waals surface area (Å²) in [6, 6.07) is 14.9. The summed E-state index contributed by atoms with van der Waals surface area (Å²) < 4.78 is 31.7. The van der Waals surface area contributed by atoms with Gasteiger partial charge in [0, 0.05) is 12.0 Å². The summed E-state index contributed by atoms with van der Waals surface area (Å²) >= 11 is 1.02. The third-order valence-electron chi connectivity index (χ3n) is 7.32. The predicted molar refractivity (Wildman–Crippen MR) is 150 cm³/mol. The Kier molecular flexibility index (Phi) is 7.85. The van der Waals surface area contributed by atoms with Crippen LogP contribution in [0.4, 0.5) is 9.18 Å². The molecule has 1 saturated heterocycles. The standard InChI is InChI=1S/C31H30FNO6S/c1-18-15-25-24(19(2)27(18)38-29(35)21-5-4-6-22(32)17-21)11-12-31(3,39-25)13-14-37-23-9-7-20(8-10-23)16-26-28(34)33-30(36)40-26/h4-10,15,17,26H,11-14,16H2,1-3H3,(H,33,34,36). The van der Waals surface area contributed by atoms with Crippen molar-refractivity contribution in [2.75, 3.05) is 6.61 Å². The molecule has 0 saturated carbocycles. The van der Waals surface area contributed by atoms with Gasteiger partial charge >= 0.3 is 5.97 Å². The number of imide groups is 1. The summed E-state index contributed by atoms with van der Waals surface area (Å²) in [7, 11) is 0. The van der Waals surface area contributed by atoms with Crippen LogP contribution < -0.4 is 19.5 Å². The molecule has 0 bridgehead atoms. The lowest BCUT2D eigenvalue weighted by molar-refractivity contribution is -0.118. The van der Waals surface area contributed by atoms with Crippen molar-refractivity contribution in [3.8, 4) is 17.2 Å². The van der Waals surface area contributed by atoms with Gasteiger partial charge in [0.2, 0.25) is 5.91 Å². The van der Waals surface area contributed by atoms with Crippen LogP contribution in [0, 0.1) is 19.7 Å². The van der Waals surface area contributed by atoms with E-state index in [0.717, 1.165) is 64.4 Å². The maximum absolute atomic E-state index is 13.6. The number of ether oxygens (including phenoxy) is 3. The van der Waals surface area contributed by atoms with Crippen LogP contribution in [0.2, 0.25) is 0 Å². The van der Waals surface area contributed by atoms with Crippen molar-refractivity contribution in [2.24, 2.45) is 0 Å². The van der Waals surface area contributed by atoms with Crippen molar-refractivity contribution in [1.82, 2.24) is 5.32 Å². The molecule has 7 nitrogen and oxygen atoms in total. The van der Waals surface area contributed by atoms with Gasteiger partial charge in [0.15, 0.2) is 0 Å². The molecule has 2 atom stereocenters. The lowest BCUT2D eigenvalue weighted by Gasteiger charge is -2.37. The van der Waals surface area contributed by atoms with E-state index in [1.807, 2.05) is 44.2 Å². The molecule has 40 heavy (non-hydrogen) atoms. The monoisotopic (exact) mass is 563 g/mol. The number of carbonyl (C=O) groups is 3. The number of aryl methyl sites for hydroxylation is 1. The van der Waals surface area contributed by atoms with Crippen LogP contribution in [-0.2, 0) is 17.6 Å². The van der Waals surface area contributed by atoms with Crippen LogP contribution >= 0.6 is 11.8 Å². The summed E-state index contributed by atoms with van der Waals surface area (Å²) in [6.45, 7) is 6.30. The smallest absolute Gasteiger partial charge is 0.343 e. The average Bonchev–Trinajstić information content (AvgIpc) is 3.23. The van der Waals surface area contributed by atoms with Crippen molar-refractivity contribution >= 4 is 28.9 Å². The second-order valence-electron chi connectivity index (χ2n) is 10.4. The van der Waals surface area contributed by atoms with Gasteiger partial charge in [-0.05, 0) is 93.1 Å².